The molecule has 0 saturated carbocycles. The van der Waals surface area contributed by atoms with Crippen LogP contribution in [0.5, 0.6) is 0 Å². The average molecular weight is 343 g/mol. The quantitative estimate of drug-likeness (QED) is 0.656. The molecule has 0 aromatic carbocycles. The zero-order valence-electron chi connectivity index (χ0n) is 13.5. The molecule has 0 bridgehead atoms. The van der Waals surface area contributed by atoms with Gasteiger partial charge in [0.25, 0.3) is 5.91 Å². The molecule has 2 heterocycles. The summed E-state index contributed by atoms with van der Waals surface area (Å²) in [6, 6.07) is -0.642. The number of amides is 3. The summed E-state index contributed by atoms with van der Waals surface area (Å²) in [4.78, 5) is 49.6. The number of hydrogen-bond donors (Lipinski definition) is 1. The molecule has 0 aromatic heterocycles. The average Bonchev–Trinajstić information content (AvgIpc) is 2.99. The van der Waals surface area contributed by atoms with Gasteiger partial charge in [0.15, 0.2) is 6.61 Å². The summed E-state index contributed by atoms with van der Waals surface area (Å²) in [6.07, 6.45) is 1.15. The van der Waals surface area contributed by atoms with Crippen LogP contribution in [0.4, 0.5) is 0 Å². The van der Waals surface area contributed by atoms with Crippen LogP contribution in [0.2, 0.25) is 0 Å². The molecule has 1 N–H and O–H groups in total. The van der Waals surface area contributed by atoms with Crippen molar-refractivity contribution < 1.29 is 23.9 Å². The number of ether oxygens (including phenoxy) is 1. The summed E-state index contributed by atoms with van der Waals surface area (Å²) in [5, 5.41) is 2.38. The molecule has 2 aliphatic heterocycles. The maximum atomic E-state index is 12.1. The van der Waals surface area contributed by atoms with E-state index in [1.165, 1.54) is 4.90 Å². The lowest BCUT2D eigenvalue weighted by molar-refractivity contribution is -0.156. The highest BCUT2D eigenvalue weighted by molar-refractivity contribution is 8.01. The molecule has 2 saturated heterocycles. The summed E-state index contributed by atoms with van der Waals surface area (Å²) >= 11 is 1.56. The third kappa shape index (κ3) is 3.77. The van der Waals surface area contributed by atoms with Gasteiger partial charge in [-0.05, 0) is 13.3 Å². The monoisotopic (exact) mass is 343 g/mol. The van der Waals surface area contributed by atoms with E-state index < -0.39 is 24.5 Å². The lowest BCUT2D eigenvalue weighted by atomic mass is 10.2. The first-order valence-corrected chi connectivity index (χ1v) is 8.33. The molecule has 8 nitrogen and oxygen atoms in total. The van der Waals surface area contributed by atoms with E-state index in [1.54, 1.807) is 30.8 Å². The van der Waals surface area contributed by atoms with Crippen molar-refractivity contribution in [1.29, 1.82) is 0 Å². The number of thioether (sulfide) groups is 1. The molecule has 0 aromatic rings. The zero-order chi connectivity index (χ0) is 17.2. The fourth-order valence-corrected chi connectivity index (χ4v) is 4.03. The number of nitrogens with one attached hydrogen (secondary N) is 1. The molecule has 128 valence electrons. The van der Waals surface area contributed by atoms with E-state index in [9.17, 15) is 19.2 Å². The highest BCUT2D eigenvalue weighted by Gasteiger charge is 2.53. The van der Waals surface area contributed by atoms with Gasteiger partial charge in [0.2, 0.25) is 11.8 Å². The minimum absolute atomic E-state index is 0.0551. The van der Waals surface area contributed by atoms with Crippen molar-refractivity contribution in [2.75, 3.05) is 33.0 Å². The van der Waals surface area contributed by atoms with Crippen LogP contribution in [-0.4, -0.2) is 77.4 Å². The second-order valence-corrected chi connectivity index (χ2v) is 7.44. The third-order valence-electron chi connectivity index (χ3n) is 4.00. The first-order chi connectivity index (χ1) is 10.7. The van der Waals surface area contributed by atoms with E-state index in [1.807, 2.05) is 6.92 Å². The van der Waals surface area contributed by atoms with E-state index in [-0.39, 0.29) is 23.2 Å². The fourth-order valence-electron chi connectivity index (χ4n) is 2.61. The van der Waals surface area contributed by atoms with Crippen LogP contribution in [0, 0.1) is 0 Å². The van der Waals surface area contributed by atoms with Gasteiger partial charge in [-0.15, -0.1) is 11.8 Å². The lowest BCUT2D eigenvalue weighted by Gasteiger charge is -2.29. The van der Waals surface area contributed by atoms with Gasteiger partial charge in [-0.1, -0.05) is 0 Å². The molecular formula is C14H21N3O5S. The standard InChI is InChI=1S/C14H21N3O5S/c1-14-5-4-11(19)17(14)9(8-23-14)13(21)22-7-10(18)15-6-12(20)16(2)3/h9H,4-8H2,1-3H3,(H,15,18)/t9-,14-/m1/s1. The van der Waals surface area contributed by atoms with E-state index in [4.69, 9.17) is 4.74 Å². The fraction of sp³-hybridized carbons (Fsp3) is 0.714. The predicted molar refractivity (Wildman–Crippen MR) is 83.4 cm³/mol. The molecule has 2 rings (SSSR count). The van der Waals surface area contributed by atoms with Crippen LogP contribution in [0.15, 0.2) is 0 Å². The van der Waals surface area contributed by atoms with E-state index in [0.717, 1.165) is 0 Å². The Bertz CT molecular complexity index is 539. The highest BCUT2D eigenvalue weighted by Crippen LogP contribution is 2.47. The number of carbonyl (C=O) groups is 4. The van der Waals surface area contributed by atoms with Gasteiger partial charge in [-0.3, -0.25) is 14.4 Å². The Labute approximate surface area is 138 Å². The van der Waals surface area contributed by atoms with Gasteiger partial charge in [-0.25, -0.2) is 4.79 Å². The Morgan fingerprint density at radius 2 is 2.13 bits per heavy atom. The molecule has 23 heavy (non-hydrogen) atoms. The van der Waals surface area contributed by atoms with Gasteiger partial charge in [0.1, 0.15) is 6.04 Å². The second kappa shape index (κ2) is 6.77. The maximum Gasteiger partial charge on any atom is 0.330 e. The van der Waals surface area contributed by atoms with Crippen molar-refractivity contribution in [2.24, 2.45) is 0 Å². The molecule has 2 atom stereocenters. The van der Waals surface area contributed by atoms with Crippen LogP contribution in [0.3, 0.4) is 0 Å². The summed E-state index contributed by atoms with van der Waals surface area (Å²) in [5.41, 5.74) is 0. The Morgan fingerprint density at radius 1 is 1.43 bits per heavy atom. The van der Waals surface area contributed by atoms with Crippen LogP contribution < -0.4 is 5.32 Å². The third-order valence-corrected chi connectivity index (χ3v) is 5.50. The Morgan fingerprint density at radius 3 is 2.78 bits per heavy atom. The number of carbonyl (C=O) groups excluding carboxylic acids is 4. The van der Waals surface area contributed by atoms with Crippen molar-refractivity contribution in [3.05, 3.63) is 0 Å². The van der Waals surface area contributed by atoms with Gasteiger partial charge in [0, 0.05) is 26.3 Å². The molecule has 9 heteroatoms. The van der Waals surface area contributed by atoms with Crippen molar-refractivity contribution >= 4 is 35.5 Å². The molecule has 2 aliphatic rings. The second-order valence-electron chi connectivity index (χ2n) is 5.94. The number of hydrogen-bond acceptors (Lipinski definition) is 6. The van der Waals surface area contributed by atoms with Gasteiger partial charge >= 0.3 is 5.97 Å². The molecule has 3 amide bonds. The number of likely N-dealkylation sites (N-methyl/N-ethyl adjacent to an activating group) is 1. The number of esters is 1. The van der Waals surface area contributed by atoms with Crippen LogP contribution in [0.1, 0.15) is 19.8 Å². The molecule has 0 radical (unpaired) electrons. The van der Waals surface area contributed by atoms with Crippen molar-refractivity contribution in [3.8, 4) is 0 Å². The zero-order valence-corrected chi connectivity index (χ0v) is 14.3. The first kappa shape index (κ1) is 17.6. The van der Waals surface area contributed by atoms with E-state index in [2.05, 4.69) is 5.32 Å². The minimum atomic E-state index is -0.642. The smallest absolute Gasteiger partial charge is 0.330 e. The summed E-state index contributed by atoms with van der Waals surface area (Å²) < 4.78 is 5.00. The molecule has 2 fully saturated rings. The summed E-state index contributed by atoms with van der Waals surface area (Å²) in [7, 11) is 3.16. The first-order valence-electron chi connectivity index (χ1n) is 7.34. The van der Waals surface area contributed by atoms with E-state index in [0.29, 0.717) is 18.6 Å². The van der Waals surface area contributed by atoms with Gasteiger partial charge in [-0.2, -0.15) is 0 Å². The van der Waals surface area contributed by atoms with Gasteiger partial charge < -0.3 is 19.9 Å². The SMILES string of the molecule is CN(C)C(=O)CNC(=O)COC(=O)[C@H]1CS[C@]2(C)CCC(=O)N12. The Balaban J connectivity index is 1.80. The normalized spacial score (nSPS) is 26.0. The number of rotatable bonds is 5. The maximum absolute atomic E-state index is 12.1. The summed E-state index contributed by atoms with van der Waals surface area (Å²) in [5.74, 6) is -0.960. The van der Waals surface area contributed by atoms with Crippen LogP contribution in [-0.2, 0) is 23.9 Å². The summed E-state index contributed by atoms with van der Waals surface area (Å²) in [6.45, 7) is 1.33. The predicted octanol–water partition coefficient (Wildman–Crippen LogP) is -0.812. The molecule has 0 spiro atoms. The minimum Gasteiger partial charge on any atom is -0.454 e. The van der Waals surface area contributed by atoms with E-state index >= 15 is 0 Å². The van der Waals surface area contributed by atoms with Gasteiger partial charge in [0.05, 0.1) is 11.4 Å². The molecular weight excluding hydrogens is 322 g/mol. The Hall–Kier alpha value is -1.77. The molecule has 0 aliphatic carbocycles. The number of fused-ring (bicyclic) bond motifs is 1. The van der Waals surface area contributed by atoms with Crippen LogP contribution >= 0.6 is 11.8 Å². The largest absolute Gasteiger partial charge is 0.454 e. The number of nitrogens with zero attached hydrogens (tertiary/aromatic N) is 2. The van der Waals surface area contributed by atoms with Crippen LogP contribution in [0.25, 0.3) is 0 Å². The lowest BCUT2D eigenvalue weighted by Crippen LogP contribution is -2.47. The Kier molecular flexibility index (Phi) is 5.18. The highest BCUT2D eigenvalue weighted by atomic mass is 32.2. The topological polar surface area (TPSA) is 96.0 Å². The van der Waals surface area contributed by atoms with Crippen molar-refractivity contribution in [1.82, 2.24) is 15.1 Å². The van der Waals surface area contributed by atoms with Crippen molar-refractivity contribution in [3.63, 3.8) is 0 Å². The molecule has 0 unspecified atom stereocenters. The van der Waals surface area contributed by atoms with Crippen molar-refractivity contribution in [2.45, 2.75) is 30.7 Å².